The summed E-state index contributed by atoms with van der Waals surface area (Å²) in [5, 5.41) is 4.58. The van der Waals surface area contributed by atoms with Crippen molar-refractivity contribution in [1.29, 1.82) is 0 Å². The zero-order chi connectivity index (χ0) is 18.7. The number of rotatable bonds is 5. The summed E-state index contributed by atoms with van der Waals surface area (Å²) in [5.74, 6) is 0.778. The fourth-order valence-corrected chi connectivity index (χ4v) is 2.73. The predicted molar refractivity (Wildman–Crippen MR) is 101 cm³/mol. The van der Waals surface area contributed by atoms with E-state index >= 15 is 0 Å². The van der Waals surface area contributed by atoms with Crippen LogP contribution >= 0.6 is 11.6 Å². The van der Waals surface area contributed by atoms with Gasteiger partial charge >= 0.3 is 0 Å². The Labute approximate surface area is 157 Å². The van der Waals surface area contributed by atoms with Gasteiger partial charge in [0.2, 0.25) is 11.7 Å². The van der Waals surface area contributed by atoms with Crippen LogP contribution in [-0.2, 0) is 6.54 Å². The Morgan fingerprint density at radius 3 is 2.58 bits per heavy atom. The lowest BCUT2D eigenvalue weighted by atomic mass is 10.1. The first-order valence-electron chi connectivity index (χ1n) is 8.41. The van der Waals surface area contributed by atoms with Crippen LogP contribution in [0, 0.1) is 6.92 Å². The van der Waals surface area contributed by atoms with Crippen molar-refractivity contribution >= 4 is 17.5 Å². The van der Waals surface area contributed by atoms with Crippen LogP contribution in [-0.4, -0.2) is 27.0 Å². The lowest BCUT2D eigenvalue weighted by Gasteiger charge is -2.25. The minimum absolute atomic E-state index is 0.0327. The maximum atomic E-state index is 12.9. The zero-order valence-electron chi connectivity index (χ0n) is 14.9. The number of amides is 1. The number of hydrogen-bond donors (Lipinski definition) is 0. The molecular formula is C20H20ClN3O2. The monoisotopic (exact) mass is 369 g/mol. The van der Waals surface area contributed by atoms with Crippen LogP contribution in [0.2, 0.25) is 5.02 Å². The Morgan fingerprint density at radius 1 is 1.19 bits per heavy atom. The number of benzene rings is 2. The highest BCUT2D eigenvalue weighted by Crippen LogP contribution is 2.21. The Kier molecular flexibility index (Phi) is 5.38. The van der Waals surface area contributed by atoms with Crippen molar-refractivity contribution in [2.24, 2.45) is 0 Å². The van der Waals surface area contributed by atoms with Crippen LogP contribution in [0.15, 0.2) is 53.1 Å². The topological polar surface area (TPSA) is 59.2 Å². The van der Waals surface area contributed by atoms with Crippen LogP contribution in [0.3, 0.4) is 0 Å². The summed E-state index contributed by atoms with van der Waals surface area (Å²) in [4.78, 5) is 19.0. The maximum absolute atomic E-state index is 12.9. The molecule has 1 aromatic heterocycles. The molecule has 2 aromatic carbocycles. The maximum Gasteiger partial charge on any atom is 0.254 e. The molecular weight excluding hydrogens is 350 g/mol. The third-order valence-corrected chi connectivity index (χ3v) is 4.52. The van der Waals surface area contributed by atoms with Gasteiger partial charge in [-0.05, 0) is 38.5 Å². The third kappa shape index (κ3) is 3.94. The minimum atomic E-state index is -0.124. The second kappa shape index (κ2) is 7.70. The Morgan fingerprint density at radius 2 is 1.92 bits per heavy atom. The van der Waals surface area contributed by atoms with Crippen LogP contribution in [0.4, 0.5) is 0 Å². The van der Waals surface area contributed by atoms with Gasteiger partial charge in [0.1, 0.15) is 6.54 Å². The molecule has 0 N–H and O–H groups in total. The first kappa shape index (κ1) is 18.1. The average molecular weight is 370 g/mol. The molecule has 0 aliphatic heterocycles. The summed E-state index contributed by atoms with van der Waals surface area (Å²) in [6.45, 7) is 6.03. The van der Waals surface area contributed by atoms with Crippen LogP contribution in [0.25, 0.3) is 11.4 Å². The van der Waals surface area contributed by atoms with Crippen molar-refractivity contribution in [3.63, 3.8) is 0 Å². The van der Waals surface area contributed by atoms with E-state index in [1.807, 2.05) is 57.2 Å². The molecule has 1 amide bonds. The third-order valence-electron chi connectivity index (χ3n) is 4.11. The number of carbonyl (C=O) groups is 1. The molecule has 0 saturated heterocycles. The van der Waals surface area contributed by atoms with Gasteiger partial charge in [-0.2, -0.15) is 4.98 Å². The number of hydrogen-bond acceptors (Lipinski definition) is 4. The second-order valence-electron chi connectivity index (χ2n) is 6.37. The average Bonchev–Trinajstić information content (AvgIpc) is 3.11. The molecule has 0 unspecified atom stereocenters. The minimum Gasteiger partial charge on any atom is -0.337 e. The van der Waals surface area contributed by atoms with Crippen molar-refractivity contribution in [3.05, 3.63) is 70.6 Å². The van der Waals surface area contributed by atoms with E-state index in [1.54, 1.807) is 17.0 Å². The smallest absolute Gasteiger partial charge is 0.254 e. The molecule has 0 aliphatic rings. The molecule has 0 saturated carbocycles. The normalized spacial score (nSPS) is 11.0. The SMILES string of the molecule is Cc1ccc(C(=O)N(Cc2nc(-c3ccccc3)no2)C(C)C)cc1Cl. The molecule has 0 fully saturated rings. The highest BCUT2D eigenvalue weighted by molar-refractivity contribution is 6.31. The number of nitrogens with zero attached hydrogens (tertiary/aromatic N) is 3. The number of carbonyl (C=O) groups excluding carboxylic acids is 1. The molecule has 26 heavy (non-hydrogen) atoms. The van der Waals surface area contributed by atoms with Crippen molar-refractivity contribution < 1.29 is 9.32 Å². The summed E-state index contributed by atoms with van der Waals surface area (Å²) >= 11 is 6.16. The molecule has 1 heterocycles. The van der Waals surface area contributed by atoms with E-state index in [1.165, 1.54) is 0 Å². The van der Waals surface area contributed by atoms with Gasteiger partial charge in [0.05, 0.1) is 0 Å². The van der Waals surface area contributed by atoms with E-state index in [4.69, 9.17) is 16.1 Å². The molecule has 0 radical (unpaired) electrons. The van der Waals surface area contributed by atoms with Gasteiger partial charge in [0, 0.05) is 22.2 Å². The van der Waals surface area contributed by atoms with E-state index in [0.29, 0.717) is 22.3 Å². The van der Waals surface area contributed by atoms with Crippen molar-refractivity contribution in [2.45, 2.75) is 33.4 Å². The standard InChI is InChI=1S/C20H20ClN3O2/c1-13(2)24(20(25)16-10-9-14(3)17(21)11-16)12-18-22-19(23-26-18)15-7-5-4-6-8-15/h4-11,13H,12H2,1-3H3. The summed E-state index contributed by atoms with van der Waals surface area (Å²) in [5.41, 5.74) is 2.34. The van der Waals surface area contributed by atoms with E-state index in [9.17, 15) is 4.79 Å². The molecule has 3 aromatic rings. The Bertz CT molecular complexity index is 906. The molecule has 0 bridgehead atoms. The number of aromatic nitrogens is 2. The van der Waals surface area contributed by atoms with Gasteiger partial charge in [-0.15, -0.1) is 0 Å². The van der Waals surface area contributed by atoms with E-state index in [0.717, 1.165) is 11.1 Å². The highest BCUT2D eigenvalue weighted by Gasteiger charge is 2.22. The fourth-order valence-electron chi connectivity index (χ4n) is 2.55. The van der Waals surface area contributed by atoms with Gasteiger partial charge in [-0.1, -0.05) is 53.2 Å². The Hall–Kier alpha value is -2.66. The summed E-state index contributed by atoms with van der Waals surface area (Å²) in [7, 11) is 0. The van der Waals surface area contributed by atoms with Crippen molar-refractivity contribution in [1.82, 2.24) is 15.0 Å². The van der Waals surface area contributed by atoms with Crippen LogP contribution in [0.5, 0.6) is 0 Å². The lowest BCUT2D eigenvalue weighted by Crippen LogP contribution is -2.36. The van der Waals surface area contributed by atoms with Gasteiger partial charge < -0.3 is 9.42 Å². The Balaban J connectivity index is 1.82. The van der Waals surface area contributed by atoms with Gasteiger partial charge in [0.15, 0.2) is 0 Å². The fraction of sp³-hybridized carbons (Fsp3) is 0.250. The summed E-state index contributed by atoms with van der Waals surface area (Å²) in [6, 6.07) is 14.9. The van der Waals surface area contributed by atoms with Gasteiger partial charge in [-0.25, -0.2) is 0 Å². The second-order valence-corrected chi connectivity index (χ2v) is 6.78. The quantitative estimate of drug-likeness (QED) is 0.651. The first-order chi connectivity index (χ1) is 12.5. The van der Waals surface area contributed by atoms with Crippen molar-refractivity contribution in [3.8, 4) is 11.4 Å². The number of halogens is 1. The number of aryl methyl sites for hydroxylation is 1. The largest absolute Gasteiger partial charge is 0.337 e. The summed E-state index contributed by atoms with van der Waals surface area (Å²) in [6.07, 6.45) is 0. The van der Waals surface area contributed by atoms with E-state index in [2.05, 4.69) is 10.1 Å². The molecule has 6 heteroatoms. The van der Waals surface area contributed by atoms with E-state index in [-0.39, 0.29) is 18.5 Å². The van der Waals surface area contributed by atoms with Crippen LogP contribution < -0.4 is 0 Å². The lowest BCUT2D eigenvalue weighted by molar-refractivity contribution is 0.0667. The first-order valence-corrected chi connectivity index (χ1v) is 8.78. The molecule has 0 atom stereocenters. The van der Waals surface area contributed by atoms with Crippen LogP contribution in [0.1, 0.15) is 35.7 Å². The van der Waals surface area contributed by atoms with Gasteiger partial charge in [-0.3, -0.25) is 4.79 Å². The molecule has 3 rings (SSSR count). The molecule has 0 spiro atoms. The summed E-state index contributed by atoms with van der Waals surface area (Å²) < 4.78 is 5.35. The zero-order valence-corrected chi connectivity index (χ0v) is 15.7. The molecule has 0 aliphatic carbocycles. The predicted octanol–water partition coefficient (Wildman–Crippen LogP) is 4.75. The van der Waals surface area contributed by atoms with E-state index < -0.39 is 0 Å². The van der Waals surface area contributed by atoms with Gasteiger partial charge in [0.25, 0.3) is 5.91 Å². The van der Waals surface area contributed by atoms with Crippen molar-refractivity contribution in [2.75, 3.05) is 0 Å². The highest BCUT2D eigenvalue weighted by atomic mass is 35.5. The molecule has 5 nitrogen and oxygen atoms in total. The molecule has 134 valence electrons.